The lowest BCUT2D eigenvalue weighted by Crippen LogP contribution is -2.52. The number of hydrogen-bond acceptors (Lipinski definition) is 6. The first-order valence-corrected chi connectivity index (χ1v) is 6.75. The summed E-state index contributed by atoms with van der Waals surface area (Å²) in [5.41, 5.74) is 5.37. The average Bonchev–Trinajstić information content (AvgIpc) is 2.40. The zero-order valence-electron chi connectivity index (χ0n) is 12.2. The van der Waals surface area contributed by atoms with Crippen molar-refractivity contribution >= 4 is 17.7 Å². The van der Waals surface area contributed by atoms with E-state index >= 15 is 0 Å². The van der Waals surface area contributed by atoms with E-state index in [1.54, 1.807) is 0 Å². The van der Waals surface area contributed by atoms with Crippen molar-refractivity contribution in [3.8, 4) is 0 Å². The zero-order valence-corrected chi connectivity index (χ0v) is 12.2. The molecule has 1 heterocycles. The van der Waals surface area contributed by atoms with Gasteiger partial charge in [0.05, 0.1) is 24.6 Å². The topological polar surface area (TPSA) is 166 Å². The van der Waals surface area contributed by atoms with Crippen LogP contribution in [0.3, 0.4) is 0 Å². The van der Waals surface area contributed by atoms with Crippen LogP contribution in [-0.2, 0) is 14.3 Å². The standard InChI is InChI=1S/C13H21N3O6/c1-6(18)16-12-7(3-11(14)15)2-10(13(20)21)22-9(12)4-8(19)5-17/h2,7-9,12,17,19H,3-5H2,1H3,(H3,14,15)(H,16,18)(H,20,21)/t7-,8+,9+,12-/m1/s1. The van der Waals surface area contributed by atoms with Crippen molar-refractivity contribution < 1.29 is 29.6 Å². The Kier molecular flexibility index (Phi) is 6.32. The lowest BCUT2D eigenvalue weighted by Gasteiger charge is -2.37. The lowest BCUT2D eigenvalue weighted by atomic mass is 9.86. The lowest BCUT2D eigenvalue weighted by molar-refractivity contribution is -0.140. The average molecular weight is 315 g/mol. The Hall–Kier alpha value is -2.13. The quantitative estimate of drug-likeness (QED) is 0.247. The molecule has 9 nitrogen and oxygen atoms in total. The molecule has 1 rings (SSSR count). The summed E-state index contributed by atoms with van der Waals surface area (Å²) in [6.07, 6.45) is -0.706. The molecule has 0 spiro atoms. The summed E-state index contributed by atoms with van der Waals surface area (Å²) in [5, 5.41) is 37.6. The molecule has 0 saturated carbocycles. The summed E-state index contributed by atoms with van der Waals surface area (Å²) in [7, 11) is 0. The van der Waals surface area contributed by atoms with Gasteiger partial charge in [0.2, 0.25) is 11.7 Å². The summed E-state index contributed by atoms with van der Waals surface area (Å²) in [5.74, 6) is -2.71. The van der Waals surface area contributed by atoms with E-state index in [0.717, 1.165) is 0 Å². The molecule has 124 valence electrons. The number of carboxylic acids is 1. The summed E-state index contributed by atoms with van der Waals surface area (Å²) in [4.78, 5) is 22.5. The van der Waals surface area contributed by atoms with E-state index in [-0.39, 0.29) is 30.3 Å². The molecule has 0 radical (unpaired) electrons. The number of carboxylic acid groups (broad SMARTS) is 1. The molecule has 0 aromatic carbocycles. The first-order valence-electron chi connectivity index (χ1n) is 6.75. The van der Waals surface area contributed by atoms with E-state index in [0.29, 0.717) is 0 Å². The van der Waals surface area contributed by atoms with Gasteiger partial charge in [0.25, 0.3) is 0 Å². The van der Waals surface area contributed by atoms with Crippen LogP contribution >= 0.6 is 0 Å². The van der Waals surface area contributed by atoms with E-state index in [9.17, 15) is 14.7 Å². The second-order valence-electron chi connectivity index (χ2n) is 5.18. The maximum Gasteiger partial charge on any atom is 0.370 e. The van der Waals surface area contributed by atoms with Gasteiger partial charge in [0.1, 0.15) is 6.10 Å². The molecular formula is C13H21N3O6. The Balaban J connectivity index is 3.09. The molecule has 1 aliphatic heterocycles. The van der Waals surface area contributed by atoms with Crippen LogP contribution in [0.15, 0.2) is 11.8 Å². The molecule has 4 atom stereocenters. The molecule has 0 unspecified atom stereocenters. The molecule has 22 heavy (non-hydrogen) atoms. The predicted octanol–water partition coefficient (Wildman–Crippen LogP) is -1.46. The number of aliphatic hydroxyl groups excluding tert-OH is 2. The van der Waals surface area contributed by atoms with E-state index < -0.39 is 36.7 Å². The van der Waals surface area contributed by atoms with Crippen LogP contribution in [0, 0.1) is 11.3 Å². The van der Waals surface area contributed by atoms with Crippen LogP contribution in [0.5, 0.6) is 0 Å². The molecule has 0 fully saturated rings. The van der Waals surface area contributed by atoms with Gasteiger partial charge in [-0.1, -0.05) is 0 Å². The monoisotopic (exact) mass is 315 g/mol. The fourth-order valence-corrected chi connectivity index (χ4v) is 2.38. The minimum absolute atomic E-state index is 0.0385. The zero-order chi connectivity index (χ0) is 16.9. The minimum atomic E-state index is -1.29. The molecule has 9 heteroatoms. The van der Waals surface area contributed by atoms with Gasteiger partial charge in [-0.05, 0) is 6.08 Å². The largest absolute Gasteiger partial charge is 0.481 e. The second kappa shape index (κ2) is 7.76. The van der Waals surface area contributed by atoms with Gasteiger partial charge in [-0.3, -0.25) is 10.2 Å². The third-order valence-corrected chi connectivity index (χ3v) is 3.26. The fraction of sp³-hybridized carbons (Fsp3) is 0.615. The van der Waals surface area contributed by atoms with Gasteiger partial charge in [0, 0.05) is 25.7 Å². The summed E-state index contributed by atoms with van der Waals surface area (Å²) in [6, 6.07) is -0.661. The first kappa shape index (κ1) is 17.9. The summed E-state index contributed by atoms with van der Waals surface area (Å²) < 4.78 is 5.31. The molecule has 1 amide bonds. The van der Waals surface area contributed by atoms with E-state index in [1.165, 1.54) is 13.0 Å². The SMILES string of the molecule is CC(=O)N[C@@H]1[C@@H](CC(=N)N)C=C(C(=O)O)O[C@H]1C[C@H](O)CO. The maximum absolute atomic E-state index is 11.4. The minimum Gasteiger partial charge on any atom is -0.481 e. The Bertz CT molecular complexity index is 478. The number of nitrogens with two attached hydrogens (primary N) is 1. The van der Waals surface area contributed by atoms with Crippen LogP contribution in [0.2, 0.25) is 0 Å². The molecular weight excluding hydrogens is 294 g/mol. The van der Waals surface area contributed by atoms with E-state index in [2.05, 4.69) is 5.32 Å². The number of hydrogen-bond donors (Lipinski definition) is 6. The number of aliphatic carboxylic acids is 1. The van der Waals surface area contributed by atoms with Crippen molar-refractivity contribution in [1.29, 1.82) is 5.41 Å². The number of amidine groups is 1. The van der Waals surface area contributed by atoms with Crippen LogP contribution in [0.1, 0.15) is 19.8 Å². The number of nitrogens with one attached hydrogen (secondary N) is 2. The Morgan fingerprint density at radius 3 is 2.64 bits per heavy atom. The van der Waals surface area contributed by atoms with Crippen LogP contribution < -0.4 is 11.1 Å². The number of aliphatic hydroxyl groups is 2. The van der Waals surface area contributed by atoms with Crippen molar-refractivity contribution in [1.82, 2.24) is 5.32 Å². The molecule has 7 N–H and O–H groups in total. The van der Waals surface area contributed by atoms with Crippen molar-refractivity contribution in [3.63, 3.8) is 0 Å². The van der Waals surface area contributed by atoms with Gasteiger partial charge >= 0.3 is 5.97 Å². The second-order valence-corrected chi connectivity index (χ2v) is 5.18. The van der Waals surface area contributed by atoms with Gasteiger partial charge in [-0.15, -0.1) is 0 Å². The summed E-state index contributed by atoms with van der Waals surface area (Å²) >= 11 is 0. The highest BCUT2D eigenvalue weighted by atomic mass is 16.5. The smallest absolute Gasteiger partial charge is 0.370 e. The normalized spacial score (nSPS) is 25.6. The van der Waals surface area contributed by atoms with Gasteiger partial charge in [0.15, 0.2) is 0 Å². The molecule has 0 aromatic rings. The van der Waals surface area contributed by atoms with E-state index in [4.69, 9.17) is 26.1 Å². The van der Waals surface area contributed by atoms with Crippen molar-refractivity contribution in [2.45, 2.75) is 38.0 Å². The molecule has 0 saturated heterocycles. The Morgan fingerprint density at radius 1 is 1.55 bits per heavy atom. The van der Waals surface area contributed by atoms with Gasteiger partial charge in [-0.25, -0.2) is 4.79 Å². The highest BCUT2D eigenvalue weighted by molar-refractivity contribution is 5.85. The third kappa shape index (κ3) is 5.01. The molecule has 0 aromatic heterocycles. The van der Waals surface area contributed by atoms with E-state index in [1.807, 2.05) is 0 Å². The number of rotatable bonds is 7. The number of ether oxygens (including phenoxy) is 1. The number of amides is 1. The van der Waals surface area contributed by atoms with Gasteiger partial charge in [-0.2, -0.15) is 0 Å². The van der Waals surface area contributed by atoms with Crippen molar-refractivity contribution in [2.75, 3.05) is 6.61 Å². The molecule has 1 aliphatic rings. The Morgan fingerprint density at radius 2 is 2.18 bits per heavy atom. The van der Waals surface area contributed by atoms with Crippen LogP contribution in [-0.4, -0.2) is 57.9 Å². The highest BCUT2D eigenvalue weighted by Crippen LogP contribution is 2.28. The van der Waals surface area contributed by atoms with Crippen molar-refractivity contribution in [3.05, 3.63) is 11.8 Å². The van der Waals surface area contributed by atoms with Crippen molar-refractivity contribution in [2.24, 2.45) is 11.7 Å². The molecule has 0 aliphatic carbocycles. The van der Waals surface area contributed by atoms with Crippen LogP contribution in [0.4, 0.5) is 0 Å². The summed E-state index contributed by atoms with van der Waals surface area (Å²) in [6.45, 7) is 0.775. The maximum atomic E-state index is 11.4. The number of carbonyl (C=O) groups is 2. The van der Waals surface area contributed by atoms with Crippen LogP contribution in [0.25, 0.3) is 0 Å². The predicted molar refractivity (Wildman–Crippen MR) is 75.9 cm³/mol. The molecule has 0 bridgehead atoms. The first-order chi connectivity index (χ1) is 10.2. The Labute approximate surface area is 127 Å². The highest BCUT2D eigenvalue weighted by Gasteiger charge is 2.38. The third-order valence-electron chi connectivity index (χ3n) is 3.26. The number of carbonyl (C=O) groups excluding carboxylic acids is 1. The fourth-order valence-electron chi connectivity index (χ4n) is 2.38. The van der Waals surface area contributed by atoms with Gasteiger partial charge < -0.3 is 31.1 Å².